The fraction of sp³-hybridized carbons (Fsp3) is 0.0476. The molecule has 0 fully saturated rings. The Hall–Kier alpha value is -1.97. The van der Waals surface area contributed by atoms with Gasteiger partial charge in [-0.25, -0.2) is 0 Å². The van der Waals surface area contributed by atoms with Crippen LogP contribution in [0.25, 0.3) is 6.08 Å². The Morgan fingerprint density at radius 1 is 0.792 bits per heavy atom. The molecule has 0 aliphatic heterocycles. The molecule has 0 amide bonds. The monoisotopic (exact) mass is 395 g/mol. The van der Waals surface area contributed by atoms with E-state index in [0.29, 0.717) is 0 Å². The summed E-state index contributed by atoms with van der Waals surface area (Å²) in [5, 5.41) is 0. The van der Waals surface area contributed by atoms with Crippen LogP contribution >= 0.6 is 27.9 Å². The number of hydrogen-bond acceptors (Lipinski definition) is 2. The van der Waals surface area contributed by atoms with E-state index in [2.05, 4.69) is 99.1 Å². The lowest BCUT2D eigenvalue weighted by atomic mass is 10.2. The minimum absolute atomic E-state index is 0.894. The average molecular weight is 396 g/mol. The van der Waals surface area contributed by atoms with Crippen LogP contribution in [0.15, 0.2) is 95.5 Å². The summed E-state index contributed by atoms with van der Waals surface area (Å²) in [6.07, 6.45) is 4.36. The van der Waals surface area contributed by atoms with Crippen molar-refractivity contribution >= 4 is 45.3 Å². The first-order valence-electron chi connectivity index (χ1n) is 7.79. The molecule has 0 heterocycles. The lowest BCUT2D eigenvalue weighted by Crippen LogP contribution is -2.08. The molecule has 0 saturated heterocycles. The number of rotatable bonds is 6. The number of nitrogens with zero attached hydrogens (tertiary/aromatic N) is 1. The highest BCUT2D eigenvalue weighted by molar-refractivity contribution is 9.10. The van der Waals surface area contributed by atoms with Crippen molar-refractivity contribution in [2.75, 3.05) is 10.1 Å². The quantitative estimate of drug-likeness (QED) is 0.415. The molecule has 3 rings (SSSR count). The van der Waals surface area contributed by atoms with Crippen molar-refractivity contribution in [1.29, 1.82) is 0 Å². The van der Waals surface area contributed by atoms with Gasteiger partial charge in [-0.05, 0) is 57.7 Å². The molecule has 0 atom stereocenters. The van der Waals surface area contributed by atoms with Crippen molar-refractivity contribution in [2.45, 2.75) is 0 Å². The maximum absolute atomic E-state index is 3.67. The number of anilines is 2. The SMILES string of the molecule is Brc1ccccc1N(SCC=Cc1ccccc1)c1ccccc1. The van der Waals surface area contributed by atoms with Gasteiger partial charge in [-0.3, -0.25) is 4.31 Å². The first-order chi connectivity index (χ1) is 11.8. The van der Waals surface area contributed by atoms with Crippen LogP contribution in [-0.2, 0) is 0 Å². The van der Waals surface area contributed by atoms with Gasteiger partial charge in [0.05, 0.1) is 11.4 Å². The van der Waals surface area contributed by atoms with Gasteiger partial charge in [-0.1, -0.05) is 72.8 Å². The second-order valence-electron chi connectivity index (χ2n) is 5.19. The van der Waals surface area contributed by atoms with Gasteiger partial charge in [0.15, 0.2) is 0 Å². The maximum atomic E-state index is 3.67. The van der Waals surface area contributed by atoms with Gasteiger partial charge in [0.25, 0.3) is 0 Å². The standard InChI is InChI=1S/C21H18BrNS/c22-20-15-7-8-16-21(20)23(19-13-5-2-6-14-19)24-17-9-12-18-10-3-1-4-11-18/h1-16H,17H2. The van der Waals surface area contributed by atoms with E-state index in [1.807, 2.05) is 18.2 Å². The van der Waals surface area contributed by atoms with Crippen LogP contribution in [0, 0.1) is 0 Å². The van der Waals surface area contributed by atoms with Gasteiger partial charge in [-0.15, -0.1) is 0 Å². The van der Waals surface area contributed by atoms with E-state index in [-0.39, 0.29) is 0 Å². The summed E-state index contributed by atoms with van der Waals surface area (Å²) in [5.74, 6) is 0.894. The number of para-hydroxylation sites is 2. The average Bonchev–Trinajstić information content (AvgIpc) is 2.64. The molecule has 120 valence electrons. The van der Waals surface area contributed by atoms with E-state index in [1.54, 1.807) is 11.9 Å². The maximum Gasteiger partial charge on any atom is 0.0667 e. The zero-order chi connectivity index (χ0) is 16.6. The molecule has 0 bridgehead atoms. The molecule has 0 N–H and O–H groups in total. The summed E-state index contributed by atoms with van der Waals surface area (Å²) >= 11 is 5.44. The van der Waals surface area contributed by atoms with E-state index in [4.69, 9.17) is 0 Å². The zero-order valence-corrected chi connectivity index (χ0v) is 15.6. The molecule has 3 heteroatoms. The third kappa shape index (κ3) is 4.53. The summed E-state index contributed by atoms with van der Waals surface area (Å²) in [4.78, 5) is 0. The minimum Gasteiger partial charge on any atom is -0.283 e. The minimum atomic E-state index is 0.894. The fourth-order valence-corrected chi connectivity index (χ4v) is 3.81. The Labute approximate surface area is 156 Å². The number of benzene rings is 3. The highest BCUT2D eigenvalue weighted by Gasteiger charge is 2.11. The van der Waals surface area contributed by atoms with Crippen LogP contribution in [0.1, 0.15) is 5.56 Å². The molecule has 3 aromatic carbocycles. The van der Waals surface area contributed by atoms with Gasteiger partial charge >= 0.3 is 0 Å². The predicted molar refractivity (Wildman–Crippen MR) is 111 cm³/mol. The lowest BCUT2D eigenvalue weighted by molar-refractivity contribution is 1.41. The Kier molecular flexibility index (Phi) is 6.16. The number of hydrogen-bond donors (Lipinski definition) is 0. The lowest BCUT2D eigenvalue weighted by Gasteiger charge is -2.24. The van der Waals surface area contributed by atoms with Gasteiger partial charge in [0.1, 0.15) is 0 Å². The van der Waals surface area contributed by atoms with Gasteiger partial charge in [-0.2, -0.15) is 0 Å². The largest absolute Gasteiger partial charge is 0.283 e. The van der Waals surface area contributed by atoms with Crippen LogP contribution < -0.4 is 4.31 Å². The first kappa shape index (κ1) is 16.9. The normalized spacial score (nSPS) is 10.9. The molecule has 0 aromatic heterocycles. The second-order valence-corrected chi connectivity index (χ2v) is 7.00. The van der Waals surface area contributed by atoms with E-state index < -0.39 is 0 Å². The summed E-state index contributed by atoms with van der Waals surface area (Å²) < 4.78 is 3.35. The van der Waals surface area contributed by atoms with Gasteiger partial charge in [0.2, 0.25) is 0 Å². The van der Waals surface area contributed by atoms with Crippen molar-refractivity contribution in [3.8, 4) is 0 Å². The summed E-state index contributed by atoms with van der Waals surface area (Å²) in [5.41, 5.74) is 3.55. The third-order valence-electron chi connectivity index (χ3n) is 3.47. The Balaban J connectivity index is 1.76. The molecule has 0 aliphatic rings. The van der Waals surface area contributed by atoms with Gasteiger partial charge < -0.3 is 0 Å². The Morgan fingerprint density at radius 3 is 2.12 bits per heavy atom. The molecule has 0 radical (unpaired) electrons. The van der Waals surface area contributed by atoms with E-state index >= 15 is 0 Å². The molecule has 0 saturated carbocycles. The van der Waals surface area contributed by atoms with Crippen molar-refractivity contribution < 1.29 is 0 Å². The van der Waals surface area contributed by atoms with Crippen LogP contribution in [0.5, 0.6) is 0 Å². The fourth-order valence-electron chi connectivity index (χ4n) is 2.33. The van der Waals surface area contributed by atoms with Crippen molar-refractivity contribution in [1.82, 2.24) is 0 Å². The van der Waals surface area contributed by atoms with E-state index in [9.17, 15) is 0 Å². The van der Waals surface area contributed by atoms with Gasteiger partial charge in [0, 0.05) is 10.2 Å². The van der Waals surface area contributed by atoms with Crippen LogP contribution in [0.4, 0.5) is 11.4 Å². The summed E-state index contributed by atoms with van der Waals surface area (Å²) in [6, 6.07) is 29.1. The summed E-state index contributed by atoms with van der Waals surface area (Å²) in [6.45, 7) is 0. The Morgan fingerprint density at radius 2 is 1.42 bits per heavy atom. The predicted octanol–water partition coefficient (Wildman–Crippen LogP) is 6.95. The van der Waals surface area contributed by atoms with Crippen LogP contribution in [-0.4, -0.2) is 5.75 Å². The van der Waals surface area contributed by atoms with Crippen molar-refractivity contribution in [2.24, 2.45) is 0 Å². The second kappa shape index (κ2) is 8.76. The van der Waals surface area contributed by atoms with E-state index in [1.165, 1.54) is 11.3 Å². The Bertz CT molecular complexity index is 787. The van der Waals surface area contributed by atoms with Crippen LogP contribution in [0.3, 0.4) is 0 Å². The molecule has 3 aromatic rings. The van der Waals surface area contributed by atoms with Crippen molar-refractivity contribution in [3.05, 3.63) is 101 Å². The number of halogens is 1. The topological polar surface area (TPSA) is 3.24 Å². The zero-order valence-electron chi connectivity index (χ0n) is 13.2. The molecule has 0 aliphatic carbocycles. The highest BCUT2D eigenvalue weighted by Crippen LogP contribution is 2.37. The molecule has 1 nitrogen and oxygen atoms in total. The first-order valence-corrected chi connectivity index (χ1v) is 9.52. The highest BCUT2D eigenvalue weighted by atomic mass is 79.9. The van der Waals surface area contributed by atoms with Crippen molar-refractivity contribution in [3.63, 3.8) is 0 Å². The molecule has 24 heavy (non-hydrogen) atoms. The molecule has 0 spiro atoms. The smallest absolute Gasteiger partial charge is 0.0667 e. The molecular weight excluding hydrogens is 378 g/mol. The van der Waals surface area contributed by atoms with E-state index in [0.717, 1.165) is 15.9 Å². The molecule has 0 unspecified atom stereocenters. The third-order valence-corrected chi connectivity index (χ3v) is 5.15. The summed E-state index contributed by atoms with van der Waals surface area (Å²) in [7, 11) is 0. The van der Waals surface area contributed by atoms with Crippen LogP contribution in [0.2, 0.25) is 0 Å². The molecular formula is C21H18BrNS.